The third kappa shape index (κ3) is 3.99. The van der Waals surface area contributed by atoms with Gasteiger partial charge < -0.3 is 8.83 Å². The lowest BCUT2D eigenvalue weighted by Crippen LogP contribution is -1.78. The molecule has 0 aliphatic carbocycles. The largest absolute Gasteiger partial charge is 0.455 e. The molecule has 2 heterocycles. The van der Waals surface area contributed by atoms with E-state index < -0.39 is 0 Å². The van der Waals surface area contributed by atoms with Gasteiger partial charge in [-0.25, -0.2) is 4.98 Å². The molecule has 0 spiro atoms. The summed E-state index contributed by atoms with van der Waals surface area (Å²) >= 11 is 3.45. The molecule has 158 valence electrons. The lowest BCUT2D eigenvalue weighted by atomic mass is 10.1. The molecule has 5 heteroatoms. The van der Waals surface area contributed by atoms with Crippen LogP contribution in [0.25, 0.3) is 44.7 Å². The molecule has 0 aliphatic heterocycles. The molecule has 0 saturated carbocycles. The molecule has 0 saturated heterocycles. The Morgan fingerprint density at radius 3 is 2.42 bits per heavy atom. The van der Waals surface area contributed by atoms with Crippen LogP contribution in [0.2, 0.25) is 0 Å². The molecule has 0 N–H and O–H groups in total. The number of aliphatic imine (C=N–C) groups is 1. The average molecular weight is 493 g/mol. The first-order valence-corrected chi connectivity index (χ1v) is 11.3. The van der Waals surface area contributed by atoms with Gasteiger partial charge in [0, 0.05) is 15.6 Å². The lowest BCUT2D eigenvalue weighted by Gasteiger charge is -1.99. The highest BCUT2D eigenvalue weighted by molar-refractivity contribution is 9.10. The summed E-state index contributed by atoms with van der Waals surface area (Å²) in [5.41, 5.74) is 4.24. The minimum absolute atomic E-state index is 0.599. The molecule has 0 fully saturated rings. The van der Waals surface area contributed by atoms with E-state index in [1.54, 1.807) is 6.21 Å². The maximum absolute atomic E-state index is 6.00. The number of hydrogen-bond donors (Lipinski definition) is 0. The number of halogens is 1. The Hall–Kier alpha value is -3.96. The Morgan fingerprint density at radius 2 is 1.55 bits per heavy atom. The highest BCUT2D eigenvalue weighted by atomic mass is 79.9. The van der Waals surface area contributed by atoms with Gasteiger partial charge in [0.2, 0.25) is 5.89 Å². The third-order valence-corrected chi connectivity index (χ3v) is 5.99. The van der Waals surface area contributed by atoms with Crippen LogP contribution >= 0.6 is 15.9 Å². The average Bonchev–Trinajstić information content (AvgIpc) is 3.50. The topological polar surface area (TPSA) is 51.5 Å². The second-order valence-corrected chi connectivity index (χ2v) is 8.62. The van der Waals surface area contributed by atoms with Crippen molar-refractivity contribution >= 4 is 49.7 Å². The number of rotatable bonds is 4. The summed E-state index contributed by atoms with van der Waals surface area (Å²) in [6, 6.07) is 32.0. The van der Waals surface area contributed by atoms with E-state index in [9.17, 15) is 0 Å². The van der Waals surface area contributed by atoms with Crippen molar-refractivity contribution in [3.05, 3.63) is 107 Å². The minimum Gasteiger partial charge on any atom is -0.455 e. The van der Waals surface area contributed by atoms with Gasteiger partial charge in [-0.2, -0.15) is 0 Å². The maximum atomic E-state index is 6.00. The predicted octanol–water partition coefficient (Wildman–Crippen LogP) is 8.42. The van der Waals surface area contributed by atoms with Crippen molar-refractivity contribution in [1.82, 2.24) is 4.98 Å². The summed E-state index contributed by atoms with van der Waals surface area (Å²) in [4.78, 5) is 9.25. The van der Waals surface area contributed by atoms with E-state index in [0.717, 1.165) is 43.5 Å². The van der Waals surface area contributed by atoms with E-state index in [0.29, 0.717) is 11.7 Å². The van der Waals surface area contributed by atoms with E-state index in [1.807, 2.05) is 72.8 Å². The van der Waals surface area contributed by atoms with Crippen molar-refractivity contribution in [2.45, 2.75) is 0 Å². The van der Waals surface area contributed by atoms with Gasteiger partial charge in [0.05, 0.1) is 11.9 Å². The molecule has 0 atom stereocenters. The molecule has 6 aromatic rings. The predicted molar refractivity (Wildman–Crippen MR) is 136 cm³/mol. The smallest absolute Gasteiger partial charge is 0.227 e. The zero-order valence-electron chi connectivity index (χ0n) is 17.4. The summed E-state index contributed by atoms with van der Waals surface area (Å²) in [7, 11) is 0. The van der Waals surface area contributed by atoms with Crippen LogP contribution in [0.15, 0.2) is 115 Å². The number of oxazole rings is 1. The SMILES string of the molecule is Brc1ccc(-c2ccc(C=Nc3ccc4oc(-c5ccc6ccccc6c5)nc4c3)o2)cc1. The van der Waals surface area contributed by atoms with Crippen molar-refractivity contribution in [2.75, 3.05) is 0 Å². The van der Waals surface area contributed by atoms with Crippen LogP contribution in [0.4, 0.5) is 5.69 Å². The van der Waals surface area contributed by atoms with Crippen LogP contribution in [0.1, 0.15) is 5.76 Å². The number of hydrogen-bond acceptors (Lipinski definition) is 4. The Labute approximate surface area is 198 Å². The monoisotopic (exact) mass is 492 g/mol. The summed E-state index contributed by atoms with van der Waals surface area (Å²) < 4.78 is 12.9. The van der Waals surface area contributed by atoms with E-state index in [4.69, 9.17) is 8.83 Å². The fourth-order valence-electron chi connectivity index (χ4n) is 3.77. The molecule has 0 amide bonds. The molecule has 0 unspecified atom stereocenters. The van der Waals surface area contributed by atoms with Crippen LogP contribution in [-0.4, -0.2) is 11.2 Å². The summed E-state index contributed by atoms with van der Waals surface area (Å²) in [5.74, 6) is 2.09. The van der Waals surface area contributed by atoms with E-state index >= 15 is 0 Å². The molecule has 0 radical (unpaired) electrons. The van der Waals surface area contributed by atoms with Gasteiger partial charge in [0.25, 0.3) is 0 Å². The standard InChI is InChI=1S/C28H17BrN2O2/c29-22-9-7-19(8-10-22)26-14-12-24(32-26)17-30-23-11-13-27-25(16-23)31-28(33-27)21-6-5-18-3-1-2-4-20(18)15-21/h1-17H. The first kappa shape index (κ1) is 19.7. The second kappa shape index (κ2) is 8.19. The zero-order chi connectivity index (χ0) is 22.2. The summed E-state index contributed by atoms with van der Waals surface area (Å²) in [5, 5.41) is 2.35. The van der Waals surface area contributed by atoms with Crippen molar-refractivity contribution in [2.24, 2.45) is 4.99 Å². The molecule has 2 aromatic heterocycles. The van der Waals surface area contributed by atoms with Crippen LogP contribution in [0.5, 0.6) is 0 Å². The van der Waals surface area contributed by atoms with Gasteiger partial charge in [0.15, 0.2) is 5.58 Å². The molecule has 4 aromatic carbocycles. The number of aromatic nitrogens is 1. The van der Waals surface area contributed by atoms with Gasteiger partial charge in [-0.15, -0.1) is 0 Å². The van der Waals surface area contributed by atoms with Crippen molar-refractivity contribution < 1.29 is 8.83 Å². The zero-order valence-corrected chi connectivity index (χ0v) is 19.0. The number of nitrogens with zero attached hydrogens (tertiary/aromatic N) is 2. The van der Waals surface area contributed by atoms with Crippen LogP contribution in [0, 0.1) is 0 Å². The Kier molecular flexibility index (Phi) is 4.89. The molecule has 33 heavy (non-hydrogen) atoms. The number of fused-ring (bicyclic) bond motifs is 2. The Balaban J connectivity index is 1.26. The van der Waals surface area contributed by atoms with Gasteiger partial charge in [-0.05, 0) is 65.4 Å². The highest BCUT2D eigenvalue weighted by Crippen LogP contribution is 2.29. The fraction of sp³-hybridized carbons (Fsp3) is 0. The van der Waals surface area contributed by atoms with Gasteiger partial charge in [-0.1, -0.05) is 58.4 Å². The quantitative estimate of drug-likeness (QED) is 0.232. The lowest BCUT2D eigenvalue weighted by molar-refractivity contribution is 0.575. The summed E-state index contributed by atoms with van der Waals surface area (Å²) in [6.07, 6.45) is 1.72. The highest BCUT2D eigenvalue weighted by Gasteiger charge is 2.10. The minimum atomic E-state index is 0.599. The van der Waals surface area contributed by atoms with Crippen molar-refractivity contribution in [3.8, 4) is 22.8 Å². The second-order valence-electron chi connectivity index (χ2n) is 7.70. The molecule has 0 aliphatic rings. The molecule has 4 nitrogen and oxygen atoms in total. The van der Waals surface area contributed by atoms with Gasteiger partial charge >= 0.3 is 0 Å². The molecule has 6 rings (SSSR count). The first-order valence-electron chi connectivity index (χ1n) is 10.5. The summed E-state index contributed by atoms with van der Waals surface area (Å²) in [6.45, 7) is 0. The number of furan rings is 1. The fourth-order valence-corrected chi connectivity index (χ4v) is 4.04. The van der Waals surface area contributed by atoms with E-state index in [-0.39, 0.29) is 0 Å². The Bertz CT molecular complexity index is 1630. The third-order valence-electron chi connectivity index (χ3n) is 5.46. The van der Waals surface area contributed by atoms with Crippen molar-refractivity contribution in [1.29, 1.82) is 0 Å². The molecule has 0 bridgehead atoms. The molecular weight excluding hydrogens is 476 g/mol. The van der Waals surface area contributed by atoms with Crippen LogP contribution < -0.4 is 0 Å². The van der Waals surface area contributed by atoms with Crippen LogP contribution in [0.3, 0.4) is 0 Å². The van der Waals surface area contributed by atoms with Crippen molar-refractivity contribution in [3.63, 3.8) is 0 Å². The first-order chi connectivity index (χ1) is 16.2. The van der Waals surface area contributed by atoms with E-state index in [1.165, 1.54) is 5.39 Å². The Morgan fingerprint density at radius 1 is 0.727 bits per heavy atom. The molecular formula is C28H17BrN2O2. The maximum Gasteiger partial charge on any atom is 0.227 e. The number of benzene rings is 4. The van der Waals surface area contributed by atoms with Crippen LogP contribution in [-0.2, 0) is 0 Å². The van der Waals surface area contributed by atoms with E-state index in [2.05, 4.69) is 50.2 Å². The normalized spacial score (nSPS) is 11.7. The van der Waals surface area contributed by atoms with Gasteiger partial charge in [0.1, 0.15) is 17.0 Å². The van der Waals surface area contributed by atoms with Gasteiger partial charge in [-0.3, -0.25) is 4.99 Å².